The summed E-state index contributed by atoms with van der Waals surface area (Å²) >= 11 is 3.33. The minimum Gasteiger partial charge on any atom is -0.449 e. The second-order valence-electron chi connectivity index (χ2n) is 5.15. The Morgan fingerprint density at radius 3 is 2.64 bits per heavy atom. The molecule has 0 heterocycles. The summed E-state index contributed by atoms with van der Waals surface area (Å²) in [6.45, 7) is 1.48. The summed E-state index contributed by atoms with van der Waals surface area (Å²) in [6, 6.07) is 15.9. The zero-order valence-corrected chi connectivity index (χ0v) is 15.0. The van der Waals surface area contributed by atoms with Crippen molar-refractivity contribution in [2.75, 3.05) is 5.32 Å². The van der Waals surface area contributed by atoms with E-state index in [-0.39, 0.29) is 0 Å². The summed E-state index contributed by atoms with van der Waals surface area (Å²) < 4.78 is 6.02. The van der Waals surface area contributed by atoms with Crippen LogP contribution in [0.25, 0.3) is 6.08 Å². The predicted molar refractivity (Wildman–Crippen MR) is 98.5 cm³/mol. The SMILES string of the molecule is C[C@H](OC(=O)/C=C/c1ccc(Br)cc1)C(=O)Nc1cccc(C#N)c1. The van der Waals surface area contributed by atoms with Gasteiger partial charge in [0.25, 0.3) is 5.91 Å². The van der Waals surface area contributed by atoms with E-state index in [9.17, 15) is 9.59 Å². The van der Waals surface area contributed by atoms with Gasteiger partial charge in [0.05, 0.1) is 11.6 Å². The molecule has 0 spiro atoms. The average Bonchev–Trinajstić information content (AvgIpc) is 2.61. The summed E-state index contributed by atoms with van der Waals surface area (Å²) in [7, 11) is 0. The van der Waals surface area contributed by atoms with Gasteiger partial charge in [-0.1, -0.05) is 34.1 Å². The molecule has 0 aliphatic heterocycles. The zero-order valence-electron chi connectivity index (χ0n) is 13.4. The van der Waals surface area contributed by atoms with Crippen molar-refractivity contribution in [2.45, 2.75) is 13.0 Å². The highest BCUT2D eigenvalue weighted by molar-refractivity contribution is 9.10. The number of ether oxygens (including phenoxy) is 1. The van der Waals surface area contributed by atoms with Crippen LogP contribution in [0.2, 0.25) is 0 Å². The van der Waals surface area contributed by atoms with Gasteiger partial charge in [-0.2, -0.15) is 5.26 Å². The van der Waals surface area contributed by atoms with Crippen molar-refractivity contribution in [3.8, 4) is 6.07 Å². The van der Waals surface area contributed by atoms with Crippen molar-refractivity contribution in [1.82, 2.24) is 0 Å². The molecule has 126 valence electrons. The van der Waals surface area contributed by atoms with E-state index in [1.165, 1.54) is 13.0 Å². The first kappa shape index (κ1) is 18.4. The molecule has 0 bridgehead atoms. The number of carbonyl (C=O) groups excluding carboxylic acids is 2. The molecule has 2 rings (SSSR count). The van der Waals surface area contributed by atoms with Crippen molar-refractivity contribution >= 4 is 39.6 Å². The number of rotatable bonds is 5. The Bertz CT molecular complexity index is 838. The van der Waals surface area contributed by atoms with Gasteiger partial charge in [-0.3, -0.25) is 4.79 Å². The summed E-state index contributed by atoms with van der Waals surface area (Å²) in [5, 5.41) is 11.5. The maximum atomic E-state index is 12.1. The van der Waals surface area contributed by atoms with Crippen molar-refractivity contribution in [3.05, 3.63) is 70.2 Å². The molecular weight excluding hydrogens is 384 g/mol. The van der Waals surface area contributed by atoms with Crippen molar-refractivity contribution in [1.29, 1.82) is 5.26 Å². The van der Waals surface area contributed by atoms with E-state index in [1.54, 1.807) is 30.3 Å². The lowest BCUT2D eigenvalue weighted by Crippen LogP contribution is -2.29. The molecular formula is C19H15BrN2O3. The van der Waals surface area contributed by atoms with Crippen LogP contribution < -0.4 is 5.32 Å². The molecule has 1 N–H and O–H groups in total. The minimum absolute atomic E-state index is 0.430. The number of hydrogen-bond acceptors (Lipinski definition) is 4. The largest absolute Gasteiger partial charge is 0.449 e. The molecule has 2 aromatic carbocycles. The van der Waals surface area contributed by atoms with E-state index in [2.05, 4.69) is 21.2 Å². The zero-order chi connectivity index (χ0) is 18.2. The van der Waals surface area contributed by atoms with Crippen LogP contribution in [0, 0.1) is 11.3 Å². The number of nitrogens with one attached hydrogen (secondary N) is 1. The van der Waals surface area contributed by atoms with Gasteiger partial charge in [-0.25, -0.2) is 4.79 Å². The first-order valence-corrected chi connectivity index (χ1v) is 8.22. The van der Waals surface area contributed by atoms with Crippen molar-refractivity contribution < 1.29 is 14.3 Å². The fourth-order valence-corrected chi connectivity index (χ4v) is 2.18. The van der Waals surface area contributed by atoms with Crippen LogP contribution in [0.15, 0.2) is 59.1 Å². The van der Waals surface area contributed by atoms with Crippen LogP contribution >= 0.6 is 15.9 Å². The lowest BCUT2D eigenvalue weighted by Gasteiger charge is -2.12. The van der Waals surface area contributed by atoms with Gasteiger partial charge in [0, 0.05) is 16.2 Å². The van der Waals surface area contributed by atoms with Crippen LogP contribution in [0.1, 0.15) is 18.1 Å². The van der Waals surface area contributed by atoms with Gasteiger partial charge in [-0.15, -0.1) is 0 Å². The molecule has 0 aliphatic rings. The second-order valence-corrected chi connectivity index (χ2v) is 6.06. The van der Waals surface area contributed by atoms with Gasteiger partial charge in [0.2, 0.25) is 0 Å². The lowest BCUT2D eigenvalue weighted by molar-refractivity contribution is -0.148. The van der Waals surface area contributed by atoms with Gasteiger partial charge < -0.3 is 10.1 Å². The summed E-state index contributed by atoms with van der Waals surface area (Å²) in [6.07, 6.45) is 1.91. The number of esters is 1. The Balaban J connectivity index is 1.90. The maximum Gasteiger partial charge on any atom is 0.331 e. The Morgan fingerprint density at radius 2 is 1.96 bits per heavy atom. The van der Waals surface area contributed by atoms with Crippen LogP contribution in [-0.4, -0.2) is 18.0 Å². The molecule has 0 aromatic heterocycles. The highest BCUT2D eigenvalue weighted by Crippen LogP contribution is 2.12. The molecule has 2 aromatic rings. The summed E-state index contributed by atoms with van der Waals surface area (Å²) in [5.74, 6) is -1.09. The summed E-state index contributed by atoms with van der Waals surface area (Å²) in [5.41, 5.74) is 1.74. The van der Waals surface area contributed by atoms with E-state index in [0.717, 1.165) is 10.0 Å². The number of benzene rings is 2. The Hall–Kier alpha value is -2.91. The van der Waals surface area contributed by atoms with Gasteiger partial charge >= 0.3 is 5.97 Å². The monoisotopic (exact) mass is 398 g/mol. The molecule has 5 nitrogen and oxygen atoms in total. The smallest absolute Gasteiger partial charge is 0.331 e. The van der Waals surface area contributed by atoms with Crippen LogP contribution in [-0.2, 0) is 14.3 Å². The second kappa shape index (κ2) is 8.81. The van der Waals surface area contributed by atoms with E-state index < -0.39 is 18.0 Å². The predicted octanol–water partition coefficient (Wildman–Crippen LogP) is 3.90. The average molecular weight is 399 g/mol. The standard InChI is InChI=1S/C19H15BrN2O3/c1-13(19(24)22-17-4-2-3-15(11-17)12-21)25-18(23)10-7-14-5-8-16(20)9-6-14/h2-11,13H,1H3,(H,22,24)/b10-7+/t13-/m0/s1. The molecule has 0 radical (unpaired) electrons. The highest BCUT2D eigenvalue weighted by Gasteiger charge is 2.16. The van der Waals surface area contributed by atoms with Crippen LogP contribution in [0.5, 0.6) is 0 Å². The number of halogens is 1. The third kappa shape index (κ3) is 5.90. The molecule has 0 aliphatic carbocycles. The molecule has 25 heavy (non-hydrogen) atoms. The minimum atomic E-state index is -0.965. The molecule has 0 saturated carbocycles. The van der Waals surface area contributed by atoms with Gasteiger partial charge in [0.1, 0.15) is 0 Å². The third-order valence-corrected chi connectivity index (χ3v) is 3.73. The first-order chi connectivity index (χ1) is 12.0. The van der Waals surface area contributed by atoms with E-state index >= 15 is 0 Å². The molecule has 1 atom stereocenters. The topological polar surface area (TPSA) is 79.2 Å². The normalized spacial score (nSPS) is 11.6. The Morgan fingerprint density at radius 1 is 1.24 bits per heavy atom. The molecule has 0 saturated heterocycles. The van der Waals surface area contributed by atoms with E-state index in [4.69, 9.17) is 10.00 Å². The highest BCUT2D eigenvalue weighted by atomic mass is 79.9. The molecule has 1 amide bonds. The fraction of sp³-hybridized carbons (Fsp3) is 0.105. The maximum absolute atomic E-state index is 12.1. The number of nitrogens with zero attached hydrogens (tertiary/aromatic N) is 1. The number of carbonyl (C=O) groups is 2. The Kier molecular flexibility index (Phi) is 6.49. The summed E-state index contributed by atoms with van der Waals surface area (Å²) in [4.78, 5) is 23.9. The van der Waals surface area contributed by atoms with Crippen molar-refractivity contribution in [2.24, 2.45) is 0 Å². The number of nitriles is 1. The van der Waals surface area contributed by atoms with Gasteiger partial charge in [0.15, 0.2) is 6.10 Å². The van der Waals surface area contributed by atoms with E-state index in [1.807, 2.05) is 30.3 Å². The first-order valence-electron chi connectivity index (χ1n) is 7.43. The fourth-order valence-electron chi connectivity index (χ4n) is 1.92. The van der Waals surface area contributed by atoms with Crippen LogP contribution in [0.4, 0.5) is 5.69 Å². The number of anilines is 1. The molecule has 0 fully saturated rings. The number of hydrogen-bond donors (Lipinski definition) is 1. The molecule has 6 heteroatoms. The van der Waals surface area contributed by atoms with Gasteiger partial charge in [-0.05, 0) is 48.9 Å². The lowest BCUT2D eigenvalue weighted by atomic mass is 10.2. The Labute approximate surface area is 154 Å². The third-order valence-electron chi connectivity index (χ3n) is 3.20. The number of amides is 1. The van der Waals surface area contributed by atoms with Crippen LogP contribution in [0.3, 0.4) is 0 Å². The van der Waals surface area contributed by atoms with E-state index in [0.29, 0.717) is 11.3 Å². The molecule has 0 unspecified atom stereocenters. The van der Waals surface area contributed by atoms with Crippen molar-refractivity contribution in [3.63, 3.8) is 0 Å². The quantitative estimate of drug-likeness (QED) is 0.611.